The molecular formula is C25H23ClN6O3. The fourth-order valence-corrected chi connectivity index (χ4v) is 5.05. The Hall–Kier alpha value is -3.69. The van der Waals surface area contributed by atoms with Gasteiger partial charge in [0.15, 0.2) is 5.58 Å². The van der Waals surface area contributed by atoms with E-state index in [1.807, 2.05) is 36.2 Å². The Morgan fingerprint density at radius 3 is 2.91 bits per heavy atom. The molecule has 2 aromatic heterocycles. The van der Waals surface area contributed by atoms with Gasteiger partial charge in [0.1, 0.15) is 0 Å². The highest BCUT2D eigenvalue weighted by atomic mass is 35.5. The monoisotopic (exact) mass is 490 g/mol. The van der Waals surface area contributed by atoms with Gasteiger partial charge in [-0.25, -0.2) is 14.8 Å². The van der Waals surface area contributed by atoms with E-state index < -0.39 is 5.76 Å². The van der Waals surface area contributed by atoms with E-state index in [9.17, 15) is 9.59 Å². The van der Waals surface area contributed by atoms with Crippen LogP contribution in [-0.4, -0.2) is 56.3 Å². The minimum atomic E-state index is -0.523. The summed E-state index contributed by atoms with van der Waals surface area (Å²) in [7, 11) is 0. The Balaban J connectivity index is 1.08. The van der Waals surface area contributed by atoms with Gasteiger partial charge in [0, 0.05) is 66.7 Å². The molecule has 1 fully saturated rings. The van der Waals surface area contributed by atoms with Crippen molar-refractivity contribution in [1.82, 2.24) is 24.8 Å². The van der Waals surface area contributed by atoms with Gasteiger partial charge < -0.3 is 14.6 Å². The van der Waals surface area contributed by atoms with Gasteiger partial charge in [-0.2, -0.15) is 0 Å². The number of H-pyrrole nitrogens is 1. The third-order valence-electron chi connectivity index (χ3n) is 6.60. The molecule has 178 valence electrons. The lowest BCUT2D eigenvalue weighted by atomic mass is 10.00. The number of benzene rings is 2. The number of aromatic nitrogens is 3. The van der Waals surface area contributed by atoms with Gasteiger partial charge in [-0.15, -0.1) is 0 Å². The Kier molecular flexibility index (Phi) is 5.31. The predicted molar refractivity (Wildman–Crippen MR) is 132 cm³/mol. The zero-order valence-electron chi connectivity index (χ0n) is 19.0. The summed E-state index contributed by atoms with van der Waals surface area (Å²) >= 11 is 6.16. The van der Waals surface area contributed by atoms with Gasteiger partial charge >= 0.3 is 5.76 Å². The molecule has 4 heterocycles. The van der Waals surface area contributed by atoms with Crippen LogP contribution in [-0.2, 0) is 13.0 Å². The van der Waals surface area contributed by atoms with E-state index in [1.54, 1.807) is 18.2 Å². The number of halogens is 1. The molecule has 0 aliphatic carbocycles. The molecule has 0 saturated carbocycles. The number of aromatic amines is 1. The first-order valence-electron chi connectivity index (χ1n) is 11.5. The van der Waals surface area contributed by atoms with Crippen LogP contribution in [0.25, 0.3) is 11.1 Å². The van der Waals surface area contributed by atoms with Crippen LogP contribution in [0.15, 0.2) is 51.8 Å². The molecule has 2 aliphatic heterocycles. The number of amides is 1. The summed E-state index contributed by atoms with van der Waals surface area (Å²) in [6.45, 7) is 4.97. The molecule has 1 amide bonds. The molecule has 2 aliphatic rings. The maximum atomic E-state index is 12.9. The first-order chi connectivity index (χ1) is 16.9. The zero-order valence-corrected chi connectivity index (χ0v) is 19.8. The van der Waals surface area contributed by atoms with E-state index in [0.29, 0.717) is 46.8 Å². The van der Waals surface area contributed by atoms with Crippen molar-refractivity contribution in [2.24, 2.45) is 0 Å². The highest BCUT2D eigenvalue weighted by molar-refractivity contribution is 6.30. The van der Waals surface area contributed by atoms with Crippen molar-refractivity contribution in [2.75, 3.05) is 25.0 Å². The standard InChI is InChI=1S/C25H23ClN6O3/c1-14-6-17(26)9-18(7-14)28-24-27-10-16-11-31(5-4-20(16)29-24)19-12-32(13-19)23(33)15-2-3-21-22(8-15)35-25(34)30-21/h2-3,6-10,19H,4-5,11-13H2,1H3,(H,30,34)(H,27,28,29). The van der Waals surface area contributed by atoms with Crippen molar-refractivity contribution in [3.8, 4) is 0 Å². The van der Waals surface area contributed by atoms with Crippen LogP contribution in [0.2, 0.25) is 5.02 Å². The molecule has 10 heteroatoms. The van der Waals surface area contributed by atoms with Crippen molar-refractivity contribution in [1.29, 1.82) is 0 Å². The molecule has 0 unspecified atom stereocenters. The minimum Gasteiger partial charge on any atom is -0.408 e. The van der Waals surface area contributed by atoms with Gasteiger partial charge in [0.05, 0.1) is 11.2 Å². The SMILES string of the molecule is Cc1cc(Cl)cc(Nc2ncc3c(n2)CCN(C2CN(C(=O)c4ccc5[nH]c(=O)oc5c4)C2)C3)c1. The number of carbonyl (C=O) groups is 1. The van der Waals surface area contributed by atoms with Crippen LogP contribution in [0.3, 0.4) is 0 Å². The van der Waals surface area contributed by atoms with Gasteiger partial charge in [-0.1, -0.05) is 11.6 Å². The van der Waals surface area contributed by atoms with Crippen LogP contribution >= 0.6 is 11.6 Å². The smallest absolute Gasteiger partial charge is 0.408 e. The van der Waals surface area contributed by atoms with Gasteiger partial charge in [0.2, 0.25) is 5.95 Å². The summed E-state index contributed by atoms with van der Waals surface area (Å²) in [4.78, 5) is 40.3. The third kappa shape index (κ3) is 4.28. The first-order valence-corrected chi connectivity index (χ1v) is 11.8. The number of anilines is 2. The van der Waals surface area contributed by atoms with Gasteiger partial charge in [-0.05, 0) is 48.9 Å². The second kappa shape index (κ2) is 8.51. The Morgan fingerprint density at radius 1 is 1.23 bits per heavy atom. The summed E-state index contributed by atoms with van der Waals surface area (Å²) < 4.78 is 5.08. The second-order valence-electron chi connectivity index (χ2n) is 9.12. The van der Waals surface area contributed by atoms with Crippen molar-refractivity contribution >= 4 is 40.2 Å². The summed E-state index contributed by atoms with van der Waals surface area (Å²) in [5.74, 6) is -0.0142. The van der Waals surface area contributed by atoms with E-state index in [0.717, 1.165) is 42.0 Å². The molecule has 0 atom stereocenters. The number of aryl methyl sites for hydroxylation is 1. The number of likely N-dealkylation sites (tertiary alicyclic amines) is 1. The average molecular weight is 491 g/mol. The molecule has 6 rings (SSSR count). The largest absolute Gasteiger partial charge is 0.417 e. The normalized spacial score (nSPS) is 16.2. The highest BCUT2D eigenvalue weighted by Crippen LogP contribution is 2.27. The molecule has 9 nitrogen and oxygen atoms in total. The quantitative estimate of drug-likeness (QED) is 0.451. The summed E-state index contributed by atoms with van der Waals surface area (Å²) in [5, 5.41) is 3.92. The number of hydrogen-bond acceptors (Lipinski definition) is 7. The molecule has 2 aromatic carbocycles. The lowest BCUT2D eigenvalue weighted by molar-refractivity contribution is 0.0215. The molecule has 35 heavy (non-hydrogen) atoms. The van der Waals surface area contributed by atoms with Gasteiger partial charge in [0.25, 0.3) is 5.91 Å². The number of nitrogens with zero attached hydrogens (tertiary/aromatic N) is 4. The zero-order chi connectivity index (χ0) is 24.1. The van der Waals surface area contributed by atoms with Crippen molar-refractivity contribution in [2.45, 2.75) is 25.9 Å². The highest BCUT2D eigenvalue weighted by Gasteiger charge is 2.36. The topological polar surface area (TPSA) is 107 Å². The van der Waals surface area contributed by atoms with Crippen molar-refractivity contribution < 1.29 is 9.21 Å². The molecule has 0 bridgehead atoms. The second-order valence-corrected chi connectivity index (χ2v) is 9.55. The van der Waals surface area contributed by atoms with E-state index in [2.05, 4.69) is 20.2 Å². The minimum absolute atomic E-state index is 0.0558. The fraction of sp³-hybridized carbons (Fsp3) is 0.280. The molecular weight excluding hydrogens is 468 g/mol. The first kappa shape index (κ1) is 21.8. The van der Waals surface area contributed by atoms with Crippen LogP contribution in [0.1, 0.15) is 27.2 Å². The molecule has 2 N–H and O–H groups in total. The Morgan fingerprint density at radius 2 is 2.09 bits per heavy atom. The summed E-state index contributed by atoms with van der Waals surface area (Å²) in [6, 6.07) is 11.1. The molecule has 4 aromatic rings. The summed E-state index contributed by atoms with van der Waals surface area (Å²) in [6.07, 6.45) is 2.71. The van der Waals surface area contributed by atoms with Crippen LogP contribution in [0, 0.1) is 6.92 Å². The number of oxazole rings is 1. The lowest BCUT2D eigenvalue weighted by Gasteiger charge is -2.46. The van der Waals surface area contributed by atoms with E-state index >= 15 is 0 Å². The van der Waals surface area contributed by atoms with E-state index in [-0.39, 0.29) is 5.91 Å². The fourth-order valence-electron chi connectivity index (χ4n) is 4.76. The molecule has 0 radical (unpaired) electrons. The molecule has 0 spiro atoms. The van der Waals surface area contributed by atoms with Crippen molar-refractivity contribution in [3.05, 3.63) is 80.6 Å². The number of carbonyl (C=O) groups excluding carboxylic acids is 1. The summed E-state index contributed by atoms with van der Waals surface area (Å²) in [5.41, 5.74) is 5.59. The average Bonchev–Trinajstić information content (AvgIpc) is 3.16. The van der Waals surface area contributed by atoms with Crippen LogP contribution < -0.4 is 11.1 Å². The van der Waals surface area contributed by atoms with Crippen LogP contribution in [0.5, 0.6) is 0 Å². The number of nitrogens with one attached hydrogen (secondary N) is 2. The van der Waals surface area contributed by atoms with E-state index in [1.165, 1.54) is 0 Å². The Labute approximate surface area is 205 Å². The maximum Gasteiger partial charge on any atom is 0.417 e. The van der Waals surface area contributed by atoms with Crippen LogP contribution in [0.4, 0.5) is 11.6 Å². The molecule has 1 saturated heterocycles. The van der Waals surface area contributed by atoms with Gasteiger partial charge in [-0.3, -0.25) is 14.7 Å². The number of rotatable bonds is 4. The number of fused-ring (bicyclic) bond motifs is 2. The third-order valence-corrected chi connectivity index (χ3v) is 6.81. The lowest BCUT2D eigenvalue weighted by Crippen LogP contribution is -2.61. The Bertz CT molecular complexity index is 1490. The predicted octanol–water partition coefficient (Wildman–Crippen LogP) is 3.50. The van der Waals surface area contributed by atoms with E-state index in [4.69, 9.17) is 21.0 Å². The maximum absolute atomic E-state index is 12.9. The number of hydrogen-bond donors (Lipinski definition) is 2. The van der Waals surface area contributed by atoms with Crippen molar-refractivity contribution in [3.63, 3.8) is 0 Å².